The Bertz CT molecular complexity index is 1080. The van der Waals surface area contributed by atoms with Crippen LogP contribution in [0.1, 0.15) is 30.1 Å². The lowest BCUT2D eigenvalue weighted by atomic mass is 10.1. The van der Waals surface area contributed by atoms with Crippen LogP contribution in [0.5, 0.6) is 0 Å². The summed E-state index contributed by atoms with van der Waals surface area (Å²) in [5, 5.41) is 21.0. The number of likely N-dealkylation sites (tertiary alicyclic amines) is 1. The van der Waals surface area contributed by atoms with Gasteiger partial charge in [-0.2, -0.15) is 0 Å². The summed E-state index contributed by atoms with van der Waals surface area (Å²) in [4.78, 5) is 14.5. The number of anilines is 2. The van der Waals surface area contributed by atoms with Crippen molar-refractivity contribution >= 4 is 23.4 Å². The molecule has 172 valence electrons. The number of aromatic nitrogens is 3. The maximum absolute atomic E-state index is 12.2. The zero-order chi connectivity index (χ0) is 23.0. The van der Waals surface area contributed by atoms with E-state index >= 15 is 0 Å². The van der Waals surface area contributed by atoms with Crippen molar-refractivity contribution < 1.29 is 9.90 Å². The zero-order valence-corrected chi connectivity index (χ0v) is 18.5. The minimum Gasteiger partial charge on any atom is -0.397 e. The summed E-state index contributed by atoms with van der Waals surface area (Å²) in [7, 11) is 0. The molecule has 8 nitrogen and oxygen atoms in total. The van der Waals surface area contributed by atoms with E-state index in [2.05, 4.69) is 44.8 Å². The molecule has 4 N–H and O–H groups in total. The third-order valence-corrected chi connectivity index (χ3v) is 6.00. The van der Waals surface area contributed by atoms with Crippen LogP contribution in [0.4, 0.5) is 11.4 Å². The van der Waals surface area contributed by atoms with Crippen molar-refractivity contribution in [2.75, 3.05) is 30.7 Å². The number of rotatable bonds is 9. The fraction of sp³-hybridized carbons (Fsp3) is 0.320. The van der Waals surface area contributed by atoms with Gasteiger partial charge in [0.15, 0.2) is 0 Å². The van der Waals surface area contributed by atoms with Crippen molar-refractivity contribution in [3.05, 3.63) is 78.1 Å². The highest BCUT2D eigenvalue weighted by Gasteiger charge is 2.32. The van der Waals surface area contributed by atoms with Crippen LogP contribution in [-0.4, -0.2) is 56.6 Å². The van der Waals surface area contributed by atoms with Gasteiger partial charge < -0.3 is 16.2 Å². The third kappa shape index (κ3) is 6.06. The quantitative estimate of drug-likeness (QED) is 0.344. The van der Waals surface area contributed by atoms with Gasteiger partial charge in [0.1, 0.15) is 5.69 Å². The van der Waals surface area contributed by atoms with Crippen LogP contribution < -0.4 is 11.1 Å². The lowest BCUT2D eigenvalue weighted by Crippen LogP contribution is -2.33. The average Bonchev–Trinajstić information content (AvgIpc) is 3.47. The summed E-state index contributed by atoms with van der Waals surface area (Å²) >= 11 is 0. The van der Waals surface area contributed by atoms with E-state index in [0.717, 1.165) is 32.4 Å². The molecule has 1 aliphatic heterocycles. The minimum absolute atomic E-state index is 0.121. The molecule has 0 bridgehead atoms. The number of carbonyl (C=O) groups excluding carboxylic acids is 1. The molecule has 0 radical (unpaired) electrons. The number of carbonyl (C=O) groups is 1. The molecule has 8 heteroatoms. The number of aliphatic hydroxyl groups excluding tert-OH is 1. The van der Waals surface area contributed by atoms with Gasteiger partial charge in [0, 0.05) is 18.7 Å². The van der Waals surface area contributed by atoms with E-state index < -0.39 is 0 Å². The molecular formula is C25H30N6O2. The topological polar surface area (TPSA) is 109 Å². The van der Waals surface area contributed by atoms with Crippen LogP contribution in [0, 0.1) is 0 Å². The predicted octanol–water partition coefficient (Wildman–Crippen LogP) is 2.75. The Balaban J connectivity index is 1.30. The van der Waals surface area contributed by atoms with Crippen LogP contribution in [0.15, 0.2) is 66.9 Å². The number of nitrogens with two attached hydrogens (primary N) is 1. The number of hydrogen-bond donors (Lipinski definition) is 3. The molecule has 4 rings (SSSR count). The standard InChI is InChI=1S/C25H30N6O2/c26-23-10-4-5-11-24(23)27-25(33)13-12-20-16-31(29-28-20)21-15-22(18-32)30(17-21)14-6-9-19-7-2-1-3-8-19/h1-5,7-8,10-13,16,21-22,32H,6,9,14-15,17-18,26H2,(H,27,33)/b13-12+/t21-,22-/m0/s1. The van der Waals surface area contributed by atoms with Crippen LogP contribution in [0.3, 0.4) is 0 Å². The Labute approximate surface area is 193 Å². The van der Waals surface area contributed by atoms with Gasteiger partial charge in [-0.05, 0) is 49.6 Å². The monoisotopic (exact) mass is 446 g/mol. The van der Waals surface area contributed by atoms with Gasteiger partial charge in [0.05, 0.1) is 30.2 Å². The summed E-state index contributed by atoms with van der Waals surface area (Å²) in [6.07, 6.45) is 7.78. The van der Waals surface area contributed by atoms with E-state index in [9.17, 15) is 9.90 Å². The molecule has 0 spiro atoms. The molecule has 0 aliphatic carbocycles. The molecule has 33 heavy (non-hydrogen) atoms. The minimum atomic E-state index is -0.284. The molecule has 0 unspecified atom stereocenters. The van der Waals surface area contributed by atoms with Gasteiger partial charge in [-0.3, -0.25) is 9.69 Å². The van der Waals surface area contributed by atoms with Gasteiger partial charge in [-0.15, -0.1) is 5.10 Å². The molecule has 1 fully saturated rings. The van der Waals surface area contributed by atoms with Crippen LogP contribution in [0.2, 0.25) is 0 Å². The summed E-state index contributed by atoms with van der Waals surface area (Å²) in [5.74, 6) is -0.284. The largest absolute Gasteiger partial charge is 0.397 e. The van der Waals surface area contributed by atoms with Gasteiger partial charge in [-0.1, -0.05) is 47.7 Å². The second kappa shape index (κ2) is 10.9. The van der Waals surface area contributed by atoms with Crippen molar-refractivity contribution in [3.8, 4) is 0 Å². The van der Waals surface area contributed by atoms with Gasteiger partial charge in [0.25, 0.3) is 0 Å². The first-order valence-corrected chi connectivity index (χ1v) is 11.3. The molecule has 0 saturated carbocycles. The van der Waals surface area contributed by atoms with Gasteiger partial charge in [-0.25, -0.2) is 4.68 Å². The Morgan fingerprint density at radius 1 is 1.18 bits per heavy atom. The van der Waals surface area contributed by atoms with Gasteiger partial charge in [0.2, 0.25) is 5.91 Å². The second-order valence-corrected chi connectivity index (χ2v) is 8.34. The van der Waals surface area contributed by atoms with E-state index in [1.54, 1.807) is 18.2 Å². The van der Waals surface area contributed by atoms with Crippen molar-refractivity contribution in [2.24, 2.45) is 0 Å². The number of nitrogens with one attached hydrogen (secondary N) is 1. The fourth-order valence-electron chi connectivity index (χ4n) is 4.24. The zero-order valence-electron chi connectivity index (χ0n) is 18.5. The Kier molecular flexibility index (Phi) is 7.49. The average molecular weight is 447 g/mol. The smallest absolute Gasteiger partial charge is 0.248 e. The SMILES string of the molecule is Nc1ccccc1NC(=O)/C=C/c1cn([C@H]2C[C@@H](CO)N(CCCc3ccccc3)C2)nn1. The number of nitrogen functional groups attached to an aromatic ring is 1. The first kappa shape index (κ1) is 22.7. The van der Waals surface area contributed by atoms with E-state index in [4.69, 9.17) is 5.73 Å². The maximum Gasteiger partial charge on any atom is 0.248 e. The van der Waals surface area contributed by atoms with Crippen LogP contribution in [0.25, 0.3) is 6.08 Å². The first-order chi connectivity index (χ1) is 16.1. The lowest BCUT2D eigenvalue weighted by Gasteiger charge is -2.22. The molecule has 3 aromatic rings. The fourth-order valence-corrected chi connectivity index (χ4v) is 4.24. The Hall–Kier alpha value is -3.49. The van der Waals surface area contributed by atoms with E-state index in [1.807, 2.05) is 29.1 Å². The van der Waals surface area contributed by atoms with Gasteiger partial charge >= 0.3 is 0 Å². The number of aryl methyl sites for hydroxylation is 1. The molecule has 2 aromatic carbocycles. The Morgan fingerprint density at radius 2 is 1.97 bits per heavy atom. The second-order valence-electron chi connectivity index (χ2n) is 8.34. The summed E-state index contributed by atoms with van der Waals surface area (Å²) < 4.78 is 1.84. The van der Waals surface area contributed by atoms with E-state index in [1.165, 1.54) is 11.6 Å². The number of benzene rings is 2. The van der Waals surface area contributed by atoms with Crippen LogP contribution in [-0.2, 0) is 11.2 Å². The number of aliphatic hydroxyl groups is 1. The van der Waals surface area contributed by atoms with Crippen molar-refractivity contribution in [1.82, 2.24) is 19.9 Å². The normalized spacial score (nSPS) is 18.7. The van der Waals surface area contributed by atoms with Crippen molar-refractivity contribution in [2.45, 2.75) is 31.3 Å². The summed E-state index contributed by atoms with van der Waals surface area (Å²) in [6.45, 7) is 1.88. The molecule has 2 atom stereocenters. The third-order valence-electron chi connectivity index (χ3n) is 6.00. The summed E-state index contributed by atoms with van der Waals surface area (Å²) in [6, 6.07) is 17.8. The summed E-state index contributed by atoms with van der Waals surface area (Å²) in [5.41, 5.74) is 8.88. The number of amides is 1. The molecule has 1 amide bonds. The van der Waals surface area contributed by atoms with E-state index in [-0.39, 0.29) is 24.6 Å². The predicted molar refractivity (Wildman–Crippen MR) is 129 cm³/mol. The molecule has 2 heterocycles. The maximum atomic E-state index is 12.2. The van der Waals surface area contributed by atoms with Crippen molar-refractivity contribution in [1.29, 1.82) is 0 Å². The highest BCUT2D eigenvalue weighted by Crippen LogP contribution is 2.27. The number of para-hydroxylation sites is 2. The Morgan fingerprint density at radius 3 is 2.76 bits per heavy atom. The first-order valence-electron chi connectivity index (χ1n) is 11.3. The highest BCUT2D eigenvalue weighted by molar-refractivity contribution is 6.03. The highest BCUT2D eigenvalue weighted by atomic mass is 16.3. The molecular weight excluding hydrogens is 416 g/mol. The molecule has 1 aliphatic rings. The number of hydrogen-bond acceptors (Lipinski definition) is 6. The molecule has 1 saturated heterocycles. The number of nitrogens with zero attached hydrogens (tertiary/aromatic N) is 4. The lowest BCUT2D eigenvalue weighted by molar-refractivity contribution is -0.111. The molecule has 1 aromatic heterocycles. The van der Waals surface area contributed by atoms with E-state index in [0.29, 0.717) is 17.1 Å². The van der Waals surface area contributed by atoms with Crippen LogP contribution >= 0.6 is 0 Å². The van der Waals surface area contributed by atoms with Crippen molar-refractivity contribution in [3.63, 3.8) is 0 Å².